The zero-order chi connectivity index (χ0) is 10.7. The van der Waals surface area contributed by atoms with Crippen molar-refractivity contribution in [1.82, 2.24) is 9.55 Å². The third-order valence-electron chi connectivity index (χ3n) is 2.61. The van der Waals surface area contributed by atoms with Crippen molar-refractivity contribution in [3.8, 4) is 0 Å². The third-order valence-corrected chi connectivity index (χ3v) is 3.81. The molecule has 2 rings (SSSR count). The maximum absolute atomic E-state index is 10.7. The number of aromatic nitrogens is 2. The number of carbonyl (C=O) groups is 1. The van der Waals surface area contributed by atoms with Crippen LogP contribution in [0.4, 0.5) is 0 Å². The molecule has 2 heterocycles. The lowest BCUT2D eigenvalue weighted by Gasteiger charge is -2.24. The number of carboxylic acid groups (broad SMARTS) is 1. The number of aliphatic carboxylic acids is 1. The first kappa shape index (κ1) is 10.5. The van der Waals surface area contributed by atoms with E-state index in [1.54, 1.807) is 12.5 Å². The Kier molecular flexibility index (Phi) is 3.30. The Morgan fingerprint density at radius 3 is 3.27 bits per heavy atom. The van der Waals surface area contributed by atoms with Gasteiger partial charge in [-0.05, 0) is 18.6 Å². The highest BCUT2D eigenvalue weighted by atomic mass is 32.2. The summed E-state index contributed by atoms with van der Waals surface area (Å²) in [7, 11) is 0. The van der Waals surface area contributed by atoms with Gasteiger partial charge in [-0.25, -0.2) is 4.98 Å². The fourth-order valence-electron chi connectivity index (χ4n) is 1.90. The van der Waals surface area contributed by atoms with E-state index in [1.807, 2.05) is 16.3 Å². The lowest BCUT2D eigenvalue weighted by molar-refractivity contribution is -0.136. The number of rotatable bonds is 3. The van der Waals surface area contributed by atoms with Gasteiger partial charge in [0, 0.05) is 23.7 Å². The van der Waals surface area contributed by atoms with E-state index in [0.29, 0.717) is 6.04 Å². The minimum absolute atomic E-state index is 0.0706. The quantitative estimate of drug-likeness (QED) is 0.850. The molecule has 0 radical (unpaired) electrons. The molecule has 0 saturated carbocycles. The summed E-state index contributed by atoms with van der Waals surface area (Å²) in [6.07, 6.45) is 5.83. The van der Waals surface area contributed by atoms with Crippen molar-refractivity contribution in [2.75, 3.05) is 11.5 Å². The van der Waals surface area contributed by atoms with Crippen LogP contribution in [0.3, 0.4) is 0 Å². The molecule has 1 atom stereocenters. The molecule has 82 valence electrons. The van der Waals surface area contributed by atoms with E-state index in [2.05, 4.69) is 4.98 Å². The van der Waals surface area contributed by atoms with Crippen molar-refractivity contribution in [1.29, 1.82) is 0 Å². The summed E-state index contributed by atoms with van der Waals surface area (Å²) in [5.74, 6) is 1.50. The zero-order valence-corrected chi connectivity index (χ0v) is 9.24. The minimum atomic E-state index is -0.791. The first-order chi connectivity index (χ1) is 7.27. The van der Waals surface area contributed by atoms with Gasteiger partial charge in [0.2, 0.25) is 0 Å². The van der Waals surface area contributed by atoms with Gasteiger partial charge in [0.1, 0.15) is 0 Å². The maximum atomic E-state index is 10.7. The van der Waals surface area contributed by atoms with Gasteiger partial charge < -0.3 is 9.67 Å². The molecule has 0 bridgehead atoms. The molecule has 0 aliphatic carbocycles. The standard InChI is InChI=1S/C10H14N2O2S/c13-10(14)4-9-5-11-7-12(9)8-2-1-3-15-6-8/h5,7-8H,1-4,6H2,(H,13,14). The predicted molar refractivity (Wildman–Crippen MR) is 59.2 cm³/mol. The molecular weight excluding hydrogens is 212 g/mol. The Labute approximate surface area is 92.7 Å². The highest BCUT2D eigenvalue weighted by Gasteiger charge is 2.18. The van der Waals surface area contributed by atoms with E-state index in [4.69, 9.17) is 5.11 Å². The first-order valence-electron chi connectivity index (χ1n) is 5.07. The van der Waals surface area contributed by atoms with E-state index in [-0.39, 0.29) is 6.42 Å². The number of nitrogens with zero attached hydrogens (tertiary/aromatic N) is 2. The molecular formula is C10H14N2O2S. The van der Waals surface area contributed by atoms with Gasteiger partial charge in [-0.1, -0.05) is 0 Å². The fourth-order valence-corrected chi connectivity index (χ4v) is 3.03. The summed E-state index contributed by atoms with van der Waals surface area (Å²) >= 11 is 1.93. The molecule has 1 aliphatic heterocycles. The van der Waals surface area contributed by atoms with Crippen molar-refractivity contribution in [3.05, 3.63) is 18.2 Å². The van der Waals surface area contributed by atoms with Crippen LogP contribution < -0.4 is 0 Å². The predicted octanol–water partition coefficient (Wildman–Crippen LogP) is 1.58. The lowest BCUT2D eigenvalue weighted by Crippen LogP contribution is -2.18. The first-order valence-corrected chi connectivity index (χ1v) is 6.23. The van der Waals surface area contributed by atoms with Gasteiger partial charge in [0.15, 0.2) is 0 Å². The van der Waals surface area contributed by atoms with Gasteiger partial charge in [-0.3, -0.25) is 4.79 Å². The topological polar surface area (TPSA) is 55.1 Å². The second kappa shape index (κ2) is 4.70. The molecule has 1 aromatic rings. The van der Waals surface area contributed by atoms with Crippen LogP contribution in [0.15, 0.2) is 12.5 Å². The van der Waals surface area contributed by atoms with E-state index in [1.165, 1.54) is 12.2 Å². The average molecular weight is 226 g/mol. The van der Waals surface area contributed by atoms with Crippen LogP contribution >= 0.6 is 11.8 Å². The van der Waals surface area contributed by atoms with E-state index < -0.39 is 5.97 Å². The van der Waals surface area contributed by atoms with Crippen molar-refractivity contribution in [2.24, 2.45) is 0 Å². The van der Waals surface area contributed by atoms with Crippen LogP contribution in [0.5, 0.6) is 0 Å². The Bertz CT molecular complexity index is 345. The number of hydrogen-bond acceptors (Lipinski definition) is 3. The van der Waals surface area contributed by atoms with Crippen LogP contribution in [-0.4, -0.2) is 32.1 Å². The fraction of sp³-hybridized carbons (Fsp3) is 0.600. The van der Waals surface area contributed by atoms with Crippen molar-refractivity contribution >= 4 is 17.7 Å². The van der Waals surface area contributed by atoms with Gasteiger partial charge in [0.25, 0.3) is 0 Å². The number of carboxylic acids is 1. The number of thioether (sulfide) groups is 1. The number of hydrogen-bond donors (Lipinski definition) is 1. The second-order valence-corrected chi connectivity index (χ2v) is 4.88. The molecule has 1 fully saturated rings. The Balaban J connectivity index is 2.12. The molecule has 15 heavy (non-hydrogen) atoms. The summed E-state index contributed by atoms with van der Waals surface area (Å²) in [6, 6.07) is 0.431. The molecule has 0 aromatic carbocycles. The maximum Gasteiger partial charge on any atom is 0.309 e. The molecule has 1 aromatic heterocycles. The highest BCUT2D eigenvalue weighted by Crippen LogP contribution is 2.27. The summed E-state index contributed by atoms with van der Waals surface area (Å²) < 4.78 is 2.03. The zero-order valence-electron chi connectivity index (χ0n) is 8.43. The largest absolute Gasteiger partial charge is 0.481 e. The molecule has 1 saturated heterocycles. The third kappa shape index (κ3) is 2.53. The van der Waals surface area contributed by atoms with Crippen LogP contribution in [-0.2, 0) is 11.2 Å². The normalized spacial score (nSPS) is 21.5. The highest BCUT2D eigenvalue weighted by molar-refractivity contribution is 7.99. The minimum Gasteiger partial charge on any atom is -0.481 e. The Hall–Kier alpha value is -0.970. The molecule has 1 N–H and O–H groups in total. The second-order valence-electron chi connectivity index (χ2n) is 3.73. The van der Waals surface area contributed by atoms with Crippen LogP contribution in [0.2, 0.25) is 0 Å². The summed E-state index contributed by atoms with van der Waals surface area (Å²) in [6.45, 7) is 0. The molecule has 5 heteroatoms. The van der Waals surface area contributed by atoms with Crippen molar-refractivity contribution in [2.45, 2.75) is 25.3 Å². The van der Waals surface area contributed by atoms with Crippen molar-refractivity contribution in [3.63, 3.8) is 0 Å². The van der Waals surface area contributed by atoms with Gasteiger partial charge in [-0.15, -0.1) is 0 Å². The molecule has 1 aliphatic rings. The van der Waals surface area contributed by atoms with Gasteiger partial charge >= 0.3 is 5.97 Å². The van der Waals surface area contributed by atoms with E-state index in [0.717, 1.165) is 17.9 Å². The lowest BCUT2D eigenvalue weighted by atomic mass is 10.1. The van der Waals surface area contributed by atoms with Gasteiger partial charge in [-0.2, -0.15) is 11.8 Å². The van der Waals surface area contributed by atoms with Gasteiger partial charge in [0.05, 0.1) is 12.7 Å². The number of imidazole rings is 1. The Morgan fingerprint density at radius 1 is 1.73 bits per heavy atom. The van der Waals surface area contributed by atoms with Crippen LogP contribution in [0.1, 0.15) is 24.6 Å². The summed E-state index contributed by atoms with van der Waals surface area (Å²) in [5, 5.41) is 8.76. The Morgan fingerprint density at radius 2 is 2.60 bits per heavy atom. The monoisotopic (exact) mass is 226 g/mol. The van der Waals surface area contributed by atoms with E-state index in [9.17, 15) is 4.79 Å². The molecule has 0 amide bonds. The SMILES string of the molecule is O=C(O)Cc1cncn1C1CCCSC1. The van der Waals surface area contributed by atoms with Crippen LogP contribution in [0.25, 0.3) is 0 Å². The summed E-state index contributed by atoms with van der Waals surface area (Å²) in [5.41, 5.74) is 0.815. The van der Waals surface area contributed by atoms with Crippen molar-refractivity contribution < 1.29 is 9.90 Å². The average Bonchev–Trinajstić information content (AvgIpc) is 2.66. The molecule has 1 unspecified atom stereocenters. The smallest absolute Gasteiger partial charge is 0.309 e. The molecule has 0 spiro atoms. The van der Waals surface area contributed by atoms with Crippen LogP contribution in [0, 0.1) is 0 Å². The summed E-state index contributed by atoms with van der Waals surface area (Å²) in [4.78, 5) is 14.7. The molecule has 4 nitrogen and oxygen atoms in total. The van der Waals surface area contributed by atoms with E-state index >= 15 is 0 Å².